The molecule has 0 spiro atoms. The highest BCUT2D eigenvalue weighted by molar-refractivity contribution is 14.1. The molecule has 18 heavy (non-hydrogen) atoms. The Morgan fingerprint density at radius 2 is 1.89 bits per heavy atom. The van der Waals surface area contributed by atoms with E-state index in [2.05, 4.69) is 29.5 Å². The molecular formula is C15H21IO2. The lowest BCUT2D eigenvalue weighted by atomic mass is 10.1. The van der Waals surface area contributed by atoms with Gasteiger partial charge in [-0.25, -0.2) is 4.79 Å². The van der Waals surface area contributed by atoms with Crippen LogP contribution in [-0.4, -0.2) is 12.1 Å². The molecule has 0 aromatic heterocycles. The number of benzene rings is 1. The zero-order chi connectivity index (χ0) is 13.4. The predicted molar refractivity (Wildman–Crippen MR) is 82.8 cm³/mol. The molecule has 0 aliphatic carbocycles. The van der Waals surface area contributed by atoms with Crippen LogP contribution in [0.4, 0.5) is 0 Å². The van der Waals surface area contributed by atoms with E-state index in [1.54, 1.807) is 0 Å². The van der Waals surface area contributed by atoms with Crippen molar-refractivity contribution in [1.82, 2.24) is 0 Å². The van der Waals surface area contributed by atoms with Crippen LogP contribution in [0.1, 0.15) is 56.3 Å². The van der Waals surface area contributed by atoms with Gasteiger partial charge in [0.25, 0.3) is 0 Å². The molecule has 1 atom stereocenters. The van der Waals surface area contributed by atoms with E-state index in [1.165, 1.54) is 19.3 Å². The van der Waals surface area contributed by atoms with Gasteiger partial charge in [-0.3, -0.25) is 0 Å². The molecule has 0 saturated heterocycles. The SMILES string of the molecule is CCCCCCC(C)OC(=O)c1ccc(I)cc1. The van der Waals surface area contributed by atoms with Crippen LogP contribution in [0.15, 0.2) is 24.3 Å². The Bertz CT molecular complexity index is 359. The van der Waals surface area contributed by atoms with Crippen molar-refractivity contribution in [3.05, 3.63) is 33.4 Å². The summed E-state index contributed by atoms with van der Waals surface area (Å²) in [5.41, 5.74) is 0.635. The number of ether oxygens (including phenoxy) is 1. The minimum Gasteiger partial charge on any atom is -0.459 e. The molecule has 3 heteroatoms. The van der Waals surface area contributed by atoms with Crippen LogP contribution in [0.25, 0.3) is 0 Å². The third-order valence-corrected chi connectivity index (χ3v) is 3.57. The number of hydrogen-bond acceptors (Lipinski definition) is 2. The largest absolute Gasteiger partial charge is 0.459 e. The lowest BCUT2D eigenvalue weighted by molar-refractivity contribution is 0.0319. The van der Waals surface area contributed by atoms with E-state index in [0.29, 0.717) is 5.56 Å². The first-order valence-electron chi connectivity index (χ1n) is 6.60. The normalized spacial score (nSPS) is 12.2. The van der Waals surface area contributed by atoms with Gasteiger partial charge in [0, 0.05) is 3.57 Å². The number of carbonyl (C=O) groups excluding carboxylic acids is 1. The maximum absolute atomic E-state index is 11.8. The van der Waals surface area contributed by atoms with E-state index >= 15 is 0 Å². The third-order valence-electron chi connectivity index (χ3n) is 2.85. The Hall–Kier alpha value is -0.580. The van der Waals surface area contributed by atoms with Crippen LogP contribution in [-0.2, 0) is 4.74 Å². The van der Waals surface area contributed by atoms with Crippen molar-refractivity contribution in [2.24, 2.45) is 0 Å². The summed E-state index contributed by atoms with van der Waals surface area (Å²) in [7, 11) is 0. The average Bonchev–Trinajstić information content (AvgIpc) is 2.35. The van der Waals surface area contributed by atoms with E-state index in [1.807, 2.05) is 31.2 Å². The molecule has 0 aliphatic rings. The number of halogens is 1. The first-order valence-corrected chi connectivity index (χ1v) is 7.68. The fourth-order valence-electron chi connectivity index (χ4n) is 1.75. The minimum atomic E-state index is -0.214. The van der Waals surface area contributed by atoms with Crippen molar-refractivity contribution >= 4 is 28.6 Å². The van der Waals surface area contributed by atoms with Crippen LogP contribution >= 0.6 is 22.6 Å². The topological polar surface area (TPSA) is 26.3 Å². The molecule has 1 unspecified atom stereocenters. The fraction of sp³-hybridized carbons (Fsp3) is 0.533. The Labute approximate surface area is 123 Å². The lowest BCUT2D eigenvalue weighted by Crippen LogP contribution is -2.15. The zero-order valence-electron chi connectivity index (χ0n) is 11.1. The highest BCUT2D eigenvalue weighted by Crippen LogP contribution is 2.12. The second-order valence-electron chi connectivity index (χ2n) is 4.57. The molecule has 1 aromatic carbocycles. The summed E-state index contributed by atoms with van der Waals surface area (Å²) in [6, 6.07) is 7.47. The fourth-order valence-corrected chi connectivity index (χ4v) is 2.11. The van der Waals surface area contributed by atoms with Gasteiger partial charge in [-0.15, -0.1) is 0 Å². The van der Waals surface area contributed by atoms with E-state index < -0.39 is 0 Å². The average molecular weight is 360 g/mol. The summed E-state index contributed by atoms with van der Waals surface area (Å²) < 4.78 is 6.54. The number of unbranched alkanes of at least 4 members (excludes halogenated alkanes) is 3. The molecule has 1 rings (SSSR count). The Morgan fingerprint density at radius 1 is 1.22 bits per heavy atom. The molecule has 0 saturated carbocycles. The van der Waals surface area contributed by atoms with Crippen molar-refractivity contribution in [2.75, 3.05) is 0 Å². The monoisotopic (exact) mass is 360 g/mol. The van der Waals surface area contributed by atoms with E-state index in [0.717, 1.165) is 16.4 Å². The Balaban J connectivity index is 2.33. The molecule has 0 N–H and O–H groups in total. The summed E-state index contributed by atoms with van der Waals surface area (Å²) in [5.74, 6) is -0.214. The molecular weight excluding hydrogens is 339 g/mol. The number of rotatable bonds is 7. The van der Waals surface area contributed by atoms with Crippen LogP contribution in [0.5, 0.6) is 0 Å². The van der Waals surface area contributed by atoms with Crippen molar-refractivity contribution in [3.8, 4) is 0 Å². The minimum absolute atomic E-state index is 0.00799. The quantitative estimate of drug-likeness (QED) is 0.396. The highest BCUT2D eigenvalue weighted by atomic mass is 127. The maximum Gasteiger partial charge on any atom is 0.338 e. The summed E-state index contributed by atoms with van der Waals surface area (Å²) in [6.07, 6.45) is 5.82. The second kappa shape index (κ2) is 8.51. The molecule has 0 fully saturated rings. The molecule has 0 bridgehead atoms. The molecule has 1 aromatic rings. The van der Waals surface area contributed by atoms with Gasteiger partial charge >= 0.3 is 5.97 Å². The smallest absolute Gasteiger partial charge is 0.338 e. The van der Waals surface area contributed by atoms with Gasteiger partial charge in [-0.05, 0) is 66.6 Å². The van der Waals surface area contributed by atoms with Gasteiger partial charge in [0.2, 0.25) is 0 Å². The molecule has 2 nitrogen and oxygen atoms in total. The third kappa shape index (κ3) is 5.85. The highest BCUT2D eigenvalue weighted by Gasteiger charge is 2.11. The first-order chi connectivity index (χ1) is 8.63. The Morgan fingerprint density at radius 3 is 2.50 bits per heavy atom. The zero-order valence-corrected chi connectivity index (χ0v) is 13.3. The van der Waals surface area contributed by atoms with Crippen molar-refractivity contribution in [1.29, 1.82) is 0 Å². The Kier molecular flexibility index (Phi) is 7.32. The maximum atomic E-state index is 11.8. The van der Waals surface area contributed by atoms with Crippen LogP contribution in [0, 0.1) is 3.57 Å². The van der Waals surface area contributed by atoms with Crippen molar-refractivity contribution in [3.63, 3.8) is 0 Å². The molecule has 0 heterocycles. The number of hydrogen-bond donors (Lipinski definition) is 0. The van der Waals surface area contributed by atoms with Crippen LogP contribution in [0.2, 0.25) is 0 Å². The second-order valence-corrected chi connectivity index (χ2v) is 5.82. The van der Waals surface area contributed by atoms with E-state index in [9.17, 15) is 4.79 Å². The summed E-state index contributed by atoms with van der Waals surface area (Å²) in [4.78, 5) is 11.8. The van der Waals surface area contributed by atoms with E-state index in [4.69, 9.17) is 4.74 Å². The van der Waals surface area contributed by atoms with Gasteiger partial charge in [0.05, 0.1) is 11.7 Å². The summed E-state index contributed by atoms with van der Waals surface area (Å²) in [6.45, 7) is 4.16. The lowest BCUT2D eigenvalue weighted by Gasteiger charge is -2.13. The van der Waals surface area contributed by atoms with Gasteiger partial charge in [0.1, 0.15) is 0 Å². The predicted octanol–water partition coefficient (Wildman–Crippen LogP) is 4.81. The standard InChI is InChI=1S/C15H21IO2/c1-3-4-5-6-7-12(2)18-15(17)13-8-10-14(16)11-9-13/h8-12H,3-7H2,1-2H3. The van der Waals surface area contributed by atoms with Gasteiger partial charge < -0.3 is 4.74 Å². The molecule has 0 amide bonds. The number of carbonyl (C=O) groups is 1. The molecule has 0 aliphatic heterocycles. The van der Waals surface area contributed by atoms with Crippen LogP contribution in [0.3, 0.4) is 0 Å². The van der Waals surface area contributed by atoms with Crippen molar-refractivity contribution < 1.29 is 9.53 Å². The van der Waals surface area contributed by atoms with Gasteiger partial charge in [0.15, 0.2) is 0 Å². The van der Waals surface area contributed by atoms with Gasteiger partial charge in [-0.1, -0.05) is 26.2 Å². The first kappa shape index (κ1) is 15.5. The van der Waals surface area contributed by atoms with Crippen LogP contribution < -0.4 is 0 Å². The molecule has 100 valence electrons. The van der Waals surface area contributed by atoms with Crippen molar-refractivity contribution in [2.45, 2.75) is 52.1 Å². The van der Waals surface area contributed by atoms with E-state index in [-0.39, 0.29) is 12.1 Å². The summed E-state index contributed by atoms with van der Waals surface area (Å²) in [5, 5.41) is 0. The van der Waals surface area contributed by atoms with Gasteiger partial charge in [-0.2, -0.15) is 0 Å². The number of esters is 1. The summed E-state index contributed by atoms with van der Waals surface area (Å²) >= 11 is 2.22. The molecule has 0 radical (unpaired) electrons.